The Morgan fingerprint density at radius 2 is 1.65 bits per heavy atom. The van der Waals surface area contributed by atoms with E-state index in [4.69, 9.17) is 0 Å². The highest BCUT2D eigenvalue weighted by molar-refractivity contribution is 6.03. The van der Waals surface area contributed by atoms with Crippen molar-refractivity contribution < 1.29 is 9.59 Å². The Hall–Kier alpha value is -3.54. The number of anilines is 1. The quantitative estimate of drug-likeness (QED) is 0.744. The fourth-order valence-electron chi connectivity index (χ4n) is 2.30. The number of rotatable bonds is 5. The molecule has 2 amide bonds. The number of amides is 2. The van der Waals surface area contributed by atoms with E-state index in [-0.39, 0.29) is 23.2 Å². The molecule has 0 saturated carbocycles. The summed E-state index contributed by atoms with van der Waals surface area (Å²) >= 11 is 0. The first-order valence-electron chi connectivity index (χ1n) is 8.14. The Morgan fingerprint density at radius 1 is 0.923 bits per heavy atom. The summed E-state index contributed by atoms with van der Waals surface area (Å²) in [5.74, 6) is -0.713. The number of hydrogen-bond acceptors (Lipinski definition) is 4. The SMILES string of the molecule is Cc1ccc(NC(=O)c2cccc(C(=O)NCc3cccnc3)n2)cc1. The zero-order chi connectivity index (χ0) is 18.4. The largest absolute Gasteiger partial charge is 0.347 e. The van der Waals surface area contributed by atoms with Crippen molar-refractivity contribution in [2.45, 2.75) is 13.5 Å². The van der Waals surface area contributed by atoms with Crippen LogP contribution in [0.15, 0.2) is 67.0 Å². The molecule has 0 aliphatic carbocycles. The second-order valence-corrected chi connectivity index (χ2v) is 5.77. The minimum absolute atomic E-state index is 0.180. The van der Waals surface area contributed by atoms with Gasteiger partial charge < -0.3 is 10.6 Å². The number of pyridine rings is 2. The smallest absolute Gasteiger partial charge is 0.274 e. The maximum Gasteiger partial charge on any atom is 0.274 e. The van der Waals surface area contributed by atoms with Crippen LogP contribution in [0.25, 0.3) is 0 Å². The maximum atomic E-state index is 12.3. The van der Waals surface area contributed by atoms with E-state index in [1.807, 2.05) is 37.3 Å². The molecule has 0 radical (unpaired) electrons. The van der Waals surface area contributed by atoms with E-state index in [2.05, 4.69) is 20.6 Å². The first-order chi connectivity index (χ1) is 12.6. The van der Waals surface area contributed by atoms with Gasteiger partial charge in [0.1, 0.15) is 11.4 Å². The van der Waals surface area contributed by atoms with E-state index in [1.165, 1.54) is 0 Å². The van der Waals surface area contributed by atoms with Crippen molar-refractivity contribution >= 4 is 17.5 Å². The van der Waals surface area contributed by atoms with Crippen LogP contribution in [-0.4, -0.2) is 21.8 Å². The van der Waals surface area contributed by atoms with Crippen molar-refractivity contribution in [3.63, 3.8) is 0 Å². The fourth-order valence-corrected chi connectivity index (χ4v) is 2.30. The van der Waals surface area contributed by atoms with E-state index in [0.717, 1.165) is 11.1 Å². The van der Waals surface area contributed by atoms with Crippen molar-refractivity contribution in [3.05, 3.63) is 89.5 Å². The lowest BCUT2D eigenvalue weighted by Gasteiger charge is -2.07. The average Bonchev–Trinajstić information content (AvgIpc) is 2.69. The van der Waals surface area contributed by atoms with Crippen LogP contribution < -0.4 is 10.6 Å². The number of nitrogens with one attached hydrogen (secondary N) is 2. The summed E-state index contributed by atoms with van der Waals surface area (Å²) in [6.45, 7) is 2.31. The van der Waals surface area contributed by atoms with Gasteiger partial charge in [-0.2, -0.15) is 0 Å². The predicted molar refractivity (Wildman–Crippen MR) is 98.8 cm³/mol. The number of aryl methyl sites for hydroxylation is 1. The first kappa shape index (κ1) is 17.3. The molecule has 26 heavy (non-hydrogen) atoms. The third-order valence-corrected chi connectivity index (χ3v) is 3.70. The molecular weight excluding hydrogens is 328 g/mol. The van der Waals surface area contributed by atoms with Crippen molar-refractivity contribution in [1.29, 1.82) is 0 Å². The van der Waals surface area contributed by atoms with Crippen LogP contribution in [0.5, 0.6) is 0 Å². The lowest BCUT2D eigenvalue weighted by atomic mass is 10.2. The standard InChI is InChI=1S/C20H18N4O2/c1-14-7-9-16(10-8-14)23-20(26)18-6-2-5-17(24-18)19(25)22-13-15-4-3-11-21-12-15/h2-12H,13H2,1H3,(H,22,25)(H,23,26). The lowest BCUT2D eigenvalue weighted by molar-refractivity contribution is 0.0945. The zero-order valence-corrected chi connectivity index (χ0v) is 14.3. The van der Waals surface area contributed by atoms with Gasteiger partial charge in [0.05, 0.1) is 0 Å². The van der Waals surface area contributed by atoms with Crippen molar-refractivity contribution in [1.82, 2.24) is 15.3 Å². The van der Waals surface area contributed by atoms with E-state index in [9.17, 15) is 9.59 Å². The third kappa shape index (κ3) is 4.51. The number of hydrogen-bond donors (Lipinski definition) is 2. The van der Waals surface area contributed by atoms with Gasteiger partial charge in [0.15, 0.2) is 0 Å². The van der Waals surface area contributed by atoms with Crippen LogP contribution in [0.4, 0.5) is 5.69 Å². The van der Waals surface area contributed by atoms with Gasteiger partial charge in [-0.05, 0) is 42.8 Å². The van der Waals surface area contributed by atoms with Crippen LogP contribution in [0, 0.1) is 6.92 Å². The first-order valence-corrected chi connectivity index (χ1v) is 8.14. The summed E-state index contributed by atoms with van der Waals surface area (Å²) in [6.07, 6.45) is 3.35. The minimum atomic E-state index is -0.365. The average molecular weight is 346 g/mol. The molecule has 0 unspecified atom stereocenters. The second kappa shape index (κ2) is 8.02. The van der Waals surface area contributed by atoms with Gasteiger partial charge in [-0.1, -0.05) is 29.8 Å². The Bertz CT molecular complexity index is 909. The monoisotopic (exact) mass is 346 g/mol. The Labute approximate surface area is 151 Å². The molecule has 0 fully saturated rings. The maximum absolute atomic E-state index is 12.3. The third-order valence-electron chi connectivity index (χ3n) is 3.70. The number of benzene rings is 1. The van der Waals surface area contributed by atoms with Crippen LogP contribution in [-0.2, 0) is 6.54 Å². The Morgan fingerprint density at radius 3 is 2.35 bits per heavy atom. The van der Waals surface area contributed by atoms with E-state index < -0.39 is 0 Å². The van der Waals surface area contributed by atoms with Gasteiger partial charge in [-0.25, -0.2) is 4.98 Å². The van der Waals surface area contributed by atoms with Gasteiger partial charge in [0.25, 0.3) is 11.8 Å². The molecule has 1 aromatic carbocycles. The molecule has 0 spiro atoms. The molecule has 2 heterocycles. The predicted octanol–water partition coefficient (Wildman–Crippen LogP) is 2.97. The van der Waals surface area contributed by atoms with Crippen molar-refractivity contribution in [3.8, 4) is 0 Å². The molecule has 2 N–H and O–H groups in total. The van der Waals surface area contributed by atoms with Crippen LogP contribution in [0.2, 0.25) is 0 Å². The highest BCUT2D eigenvalue weighted by Gasteiger charge is 2.12. The number of carbonyl (C=O) groups excluding carboxylic acids is 2. The molecule has 3 rings (SSSR count). The van der Waals surface area contributed by atoms with Crippen LogP contribution >= 0.6 is 0 Å². The summed E-state index contributed by atoms with van der Waals surface area (Å²) in [4.78, 5) is 32.8. The number of carbonyl (C=O) groups is 2. The van der Waals surface area contributed by atoms with Gasteiger partial charge in [0, 0.05) is 24.6 Å². The second-order valence-electron chi connectivity index (χ2n) is 5.77. The Kier molecular flexibility index (Phi) is 5.34. The lowest BCUT2D eigenvalue weighted by Crippen LogP contribution is -2.25. The van der Waals surface area contributed by atoms with Gasteiger partial charge in [0.2, 0.25) is 0 Å². The van der Waals surface area contributed by atoms with E-state index >= 15 is 0 Å². The molecule has 6 nitrogen and oxygen atoms in total. The molecule has 0 saturated heterocycles. The Balaban J connectivity index is 1.66. The normalized spacial score (nSPS) is 10.2. The van der Waals surface area contributed by atoms with Gasteiger partial charge in [-0.15, -0.1) is 0 Å². The highest BCUT2D eigenvalue weighted by Crippen LogP contribution is 2.10. The van der Waals surface area contributed by atoms with Gasteiger partial charge >= 0.3 is 0 Å². The molecular formula is C20H18N4O2. The molecule has 130 valence electrons. The van der Waals surface area contributed by atoms with Gasteiger partial charge in [-0.3, -0.25) is 14.6 Å². The zero-order valence-electron chi connectivity index (χ0n) is 14.3. The summed E-state index contributed by atoms with van der Waals surface area (Å²) in [5, 5.41) is 5.53. The number of nitrogens with zero attached hydrogens (tertiary/aromatic N) is 2. The van der Waals surface area contributed by atoms with Crippen molar-refractivity contribution in [2.75, 3.05) is 5.32 Å². The molecule has 0 aliphatic heterocycles. The minimum Gasteiger partial charge on any atom is -0.347 e. The summed E-state index contributed by atoms with van der Waals surface area (Å²) in [6, 6.07) is 15.9. The number of aromatic nitrogens is 2. The molecule has 3 aromatic rings. The summed E-state index contributed by atoms with van der Waals surface area (Å²) in [7, 11) is 0. The molecule has 2 aromatic heterocycles. The molecule has 0 atom stereocenters. The summed E-state index contributed by atoms with van der Waals surface area (Å²) in [5.41, 5.74) is 3.03. The topological polar surface area (TPSA) is 84.0 Å². The van der Waals surface area contributed by atoms with Crippen LogP contribution in [0.3, 0.4) is 0 Å². The van der Waals surface area contributed by atoms with Crippen LogP contribution in [0.1, 0.15) is 32.1 Å². The molecule has 6 heteroatoms. The van der Waals surface area contributed by atoms with E-state index in [0.29, 0.717) is 12.2 Å². The van der Waals surface area contributed by atoms with E-state index in [1.54, 1.807) is 36.7 Å². The highest BCUT2D eigenvalue weighted by atomic mass is 16.2. The fraction of sp³-hybridized carbons (Fsp3) is 0.100. The molecule has 0 bridgehead atoms. The molecule has 0 aliphatic rings. The van der Waals surface area contributed by atoms with Crippen molar-refractivity contribution in [2.24, 2.45) is 0 Å². The summed E-state index contributed by atoms with van der Waals surface area (Å²) < 4.78 is 0.